The molecular formula is C34H34N2O8. The Balaban J connectivity index is 0.000000240. The van der Waals surface area contributed by atoms with Gasteiger partial charge < -0.3 is 9.47 Å². The fourth-order valence-corrected chi connectivity index (χ4v) is 4.39. The Bertz CT molecular complexity index is 1600. The zero-order chi connectivity index (χ0) is 32.6. The number of carbonyl (C=O) groups excluding carboxylic acids is 2. The van der Waals surface area contributed by atoms with Crippen molar-refractivity contribution in [2.24, 2.45) is 0 Å². The Morgan fingerprint density at radius 2 is 1.14 bits per heavy atom. The van der Waals surface area contributed by atoms with Gasteiger partial charge in [0.1, 0.15) is 16.9 Å². The second kappa shape index (κ2) is 14.7. The van der Waals surface area contributed by atoms with E-state index in [2.05, 4.69) is 27.7 Å². The number of para-hydroxylation sites is 1. The van der Waals surface area contributed by atoms with Gasteiger partial charge in [-0.2, -0.15) is 0 Å². The minimum atomic E-state index is -0.589. The van der Waals surface area contributed by atoms with Crippen LogP contribution in [0.3, 0.4) is 0 Å². The second-order valence-corrected chi connectivity index (χ2v) is 10.5. The number of ether oxygens (including phenoxy) is 2. The third kappa shape index (κ3) is 7.71. The van der Waals surface area contributed by atoms with E-state index in [-0.39, 0.29) is 39.8 Å². The molecule has 44 heavy (non-hydrogen) atoms. The molecular weight excluding hydrogens is 564 g/mol. The van der Waals surface area contributed by atoms with Crippen LogP contribution in [0, 0.1) is 20.2 Å². The summed E-state index contributed by atoms with van der Waals surface area (Å²) in [6.07, 6.45) is 0. The minimum Gasteiger partial charge on any atom is -0.497 e. The highest BCUT2D eigenvalue weighted by atomic mass is 16.6. The lowest BCUT2D eigenvalue weighted by molar-refractivity contribution is -0.386. The van der Waals surface area contributed by atoms with Gasteiger partial charge in [0.25, 0.3) is 5.69 Å². The van der Waals surface area contributed by atoms with Crippen molar-refractivity contribution < 1.29 is 28.9 Å². The molecule has 0 radical (unpaired) electrons. The van der Waals surface area contributed by atoms with Gasteiger partial charge in [-0.15, -0.1) is 0 Å². The highest BCUT2D eigenvalue weighted by Crippen LogP contribution is 2.32. The van der Waals surface area contributed by atoms with E-state index >= 15 is 0 Å². The lowest BCUT2D eigenvalue weighted by atomic mass is 9.97. The Hall–Kier alpha value is -5.38. The van der Waals surface area contributed by atoms with Gasteiger partial charge in [0.15, 0.2) is 17.3 Å². The van der Waals surface area contributed by atoms with Crippen molar-refractivity contribution in [2.75, 3.05) is 14.2 Å². The van der Waals surface area contributed by atoms with Gasteiger partial charge in [-0.05, 0) is 47.2 Å². The van der Waals surface area contributed by atoms with E-state index in [0.29, 0.717) is 28.7 Å². The third-order valence-electron chi connectivity index (χ3n) is 6.97. The van der Waals surface area contributed by atoms with E-state index in [1.807, 2.05) is 24.3 Å². The van der Waals surface area contributed by atoms with E-state index in [1.54, 1.807) is 30.3 Å². The molecule has 0 unspecified atom stereocenters. The Kier molecular flexibility index (Phi) is 11.1. The lowest BCUT2D eigenvalue weighted by Gasteiger charge is -2.08. The number of carbonyl (C=O) groups is 2. The second-order valence-electron chi connectivity index (χ2n) is 10.5. The summed E-state index contributed by atoms with van der Waals surface area (Å²) >= 11 is 0. The van der Waals surface area contributed by atoms with Crippen molar-refractivity contribution in [2.45, 2.75) is 39.5 Å². The molecule has 0 aliphatic rings. The summed E-state index contributed by atoms with van der Waals surface area (Å²) in [4.78, 5) is 46.3. The maximum Gasteiger partial charge on any atom is 0.322 e. The predicted octanol–water partition coefficient (Wildman–Crippen LogP) is 7.92. The van der Waals surface area contributed by atoms with Gasteiger partial charge >= 0.3 is 5.69 Å². The lowest BCUT2D eigenvalue weighted by Crippen LogP contribution is -2.07. The number of nitro groups is 2. The monoisotopic (exact) mass is 598 g/mol. The molecule has 0 atom stereocenters. The standard InChI is InChI=1S/2C17H17NO4/c1-11(2)12-4-6-13(7-5-12)17(19)15-10-14(22-3)8-9-16(15)18(20)21;1-11(2)12-7-9-13(10-8-12)17(19)14-5-4-6-15(22-3)16(14)18(20)21/h2*4-11H,1-3H3. The van der Waals surface area contributed by atoms with Gasteiger partial charge in [0.05, 0.1) is 24.1 Å². The molecule has 4 rings (SSSR count). The molecule has 10 nitrogen and oxygen atoms in total. The van der Waals surface area contributed by atoms with E-state index < -0.39 is 9.85 Å². The van der Waals surface area contributed by atoms with E-state index in [1.165, 1.54) is 44.6 Å². The molecule has 0 N–H and O–H groups in total. The summed E-state index contributed by atoms with van der Waals surface area (Å²) in [6.45, 7) is 8.24. The van der Waals surface area contributed by atoms with Crippen LogP contribution < -0.4 is 9.47 Å². The molecule has 0 saturated carbocycles. The van der Waals surface area contributed by atoms with Crippen molar-refractivity contribution in [3.8, 4) is 11.5 Å². The maximum atomic E-state index is 12.6. The van der Waals surface area contributed by atoms with Gasteiger partial charge in [0, 0.05) is 17.2 Å². The molecule has 0 aliphatic heterocycles. The number of ketones is 2. The topological polar surface area (TPSA) is 139 Å². The molecule has 0 bridgehead atoms. The number of rotatable bonds is 10. The van der Waals surface area contributed by atoms with Crippen molar-refractivity contribution in [3.63, 3.8) is 0 Å². The van der Waals surface area contributed by atoms with Crippen molar-refractivity contribution in [1.29, 1.82) is 0 Å². The number of nitro benzene ring substituents is 2. The fourth-order valence-electron chi connectivity index (χ4n) is 4.39. The minimum absolute atomic E-state index is 0.0293. The zero-order valence-electron chi connectivity index (χ0n) is 25.4. The van der Waals surface area contributed by atoms with Gasteiger partial charge in [-0.25, -0.2) is 0 Å². The molecule has 0 amide bonds. The smallest absolute Gasteiger partial charge is 0.322 e. The highest BCUT2D eigenvalue weighted by molar-refractivity contribution is 6.12. The highest BCUT2D eigenvalue weighted by Gasteiger charge is 2.26. The Morgan fingerprint density at radius 3 is 1.55 bits per heavy atom. The van der Waals surface area contributed by atoms with Gasteiger partial charge in [0.2, 0.25) is 0 Å². The van der Waals surface area contributed by atoms with Crippen LogP contribution in [0.1, 0.15) is 82.5 Å². The quantitative estimate of drug-likeness (QED) is 0.102. The summed E-state index contributed by atoms with van der Waals surface area (Å²) in [5.41, 5.74) is 2.58. The van der Waals surface area contributed by atoms with E-state index in [4.69, 9.17) is 9.47 Å². The fraction of sp³-hybridized carbons (Fsp3) is 0.235. The van der Waals surface area contributed by atoms with Crippen molar-refractivity contribution >= 4 is 22.9 Å². The third-order valence-corrected chi connectivity index (χ3v) is 6.97. The maximum absolute atomic E-state index is 12.6. The van der Waals surface area contributed by atoms with Gasteiger partial charge in [-0.3, -0.25) is 29.8 Å². The first-order valence-electron chi connectivity index (χ1n) is 13.8. The van der Waals surface area contributed by atoms with Crippen LogP contribution in [-0.4, -0.2) is 35.6 Å². The summed E-state index contributed by atoms with van der Waals surface area (Å²) in [6, 6.07) is 22.9. The molecule has 0 saturated heterocycles. The Morgan fingerprint density at radius 1 is 0.636 bits per heavy atom. The van der Waals surface area contributed by atoms with E-state index in [9.17, 15) is 29.8 Å². The molecule has 0 aliphatic carbocycles. The van der Waals surface area contributed by atoms with Crippen LogP contribution in [0.25, 0.3) is 0 Å². The largest absolute Gasteiger partial charge is 0.497 e. The normalized spacial score (nSPS) is 10.5. The molecule has 10 heteroatoms. The first kappa shape index (κ1) is 33.1. The van der Waals surface area contributed by atoms with Crippen LogP contribution >= 0.6 is 0 Å². The number of benzene rings is 4. The summed E-state index contributed by atoms with van der Waals surface area (Å²) in [5.74, 6) is 0.426. The summed E-state index contributed by atoms with van der Waals surface area (Å²) in [5, 5.41) is 22.4. The molecule has 0 heterocycles. The van der Waals surface area contributed by atoms with Crippen LogP contribution in [0.4, 0.5) is 11.4 Å². The summed E-state index contributed by atoms with van der Waals surface area (Å²) in [7, 11) is 2.79. The van der Waals surface area contributed by atoms with E-state index in [0.717, 1.165) is 11.1 Å². The zero-order valence-corrected chi connectivity index (χ0v) is 25.4. The number of hydrogen-bond donors (Lipinski definition) is 0. The SMILES string of the molecule is COc1ccc([N+](=O)[O-])c(C(=O)c2ccc(C(C)C)cc2)c1.COc1cccc(C(=O)c2ccc(C(C)C)cc2)c1[N+](=O)[O-]. The van der Waals surface area contributed by atoms with Gasteiger partial charge in [-0.1, -0.05) is 82.3 Å². The number of methoxy groups -OCH3 is 2. The van der Waals surface area contributed by atoms with Crippen molar-refractivity contribution in [1.82, 2.24) is 0 Å². The van der Waals surface area contributed by atoms with Crippen LogP contribution in [0.15, 0.2) is 84.9 Å². The average molecular weight is 599 g/mol. The molecule has 4 aromatic carbocycles. The Labute approximate surface area is 255 Å². The number of nitrogens with zero attached hydrogens (tertiary/aromatic N) is 2. The predicted molar refractivity (Wildman–Crippen MR) is 167 cm³/mol. The van der Waals surface area contributed by atoms with Crippen LogP contribution in [0.5, 0.6) is 11.5 Å². The number of hydrogen-bond acceptors (Lipinski definition) is 8. The van der Waals surface area contributed by atoms with Crippen molar-refractivity contribution in [3.05, 3.63) is 139 Å². The van der Waals surface area contributed by atoms with Crippen LogP contribution in [0.2, 0.25) is 0 Å². The molecule has 228 valence electrons. The first-order chi connectivity index (χ1) is 20.9. The summed E-state index contributed by atoms with van der Waals surface area (Å²) < 4.78 is 10.0. The average Bonchev–Trinajstić information content (AvgIpc) is 3.03. The van der Waals surface area contributed by atoms with Crippen LogP contribution in [-0.2, 0) is 0 Å². The molecule has 0 aromatic heterocycles. The first-order valence-corrected chi connectivity index (χ1v) is 13.8. The molecule has 0 spiro atoms. The molecule has 4 aromatic rings. The molecule has 0 fully saturated rings.